The molecule has 0 spiro atoms. The molecule has 1 N–H and O–H groups in total. The molecule has 4 atom stereocenters. The average Bonchev–Trinajstić information content (AvgIpc) is 2.84. The van der Waals surface area contributed by atoms with Gasteiger partial charge in [-0.25, -0.2) is 4.79 Å². The fourth-order valence-electron chi connectivity index (χ4n) is 2.59. The third-order valence-electron chi connectivity index (χ3n) is 3.50. The van der Waals surface area contributed by atoms with Crippen molar-refractivity contribution in [3.8, 4) is 0 Å². The highest BCUT2D eigenvalue weighted by atomic mass is 32.2. The van der Waals surface area contributed by atoms with Gasteiger partial charge in [-0.05, 0) is 6.26 Å². The minimum absolute atomic E-state index is 0.0607. The summed E-state index contributed by atoms with van der Waals surface area (Å²) in [6.07, 6.45) is -0.832. The summed E-state index contributed by atoms with van der Waals surface area (Å²) in [7, 11) is 0. The molecule has 0 unspecified atom stereocenters. The van der Waals surface area contributed by atoms with Crippen LogP contribution in [0.2, 0.25) is 0 Å². The van der Waals surface area contributed by atoms with E-state index in [-0.39, 0.29) is 6.61 Å². The monoisotopic (exact) mass is 388 g/mol. The molecule has 0 amide bonds. The Morgan fingerprint density at radius 2 is 1.88 bits per heavy atom. The molecule has 0 radical (unpaired) electrons. The fourth-order valence-corrected chi connectivity index (χ4v) is 2.86. The number of esters is 2. The molecule has 0 saturated carbocycles. The second kappa shape index (κ2) is 9.01. The molecule has 10 nitrogen and oxygen atoms in total. The Kier molecular flexibility index (Phi) is 7.00. The van der Waals surface area contributed by atoms with Crippen molar-refractivity contribution in [1.29, 1.82) is 0 Å². The van der Waals surface area contributed by atoms with Crippen molar-refractivity contribution in [1.82, 2.24) is 9.55 Å². The number of carbonyl (C=O) groups excluding carboxylic acids is 2. The number of H-pyrrole nitrogens is 1. The van der Waals surface area contributed by atoms with E-state index >= 15 is 0 Å². The van der Waals surface area contributed by atoms with Crippen molar-refractivity contribution in [2.75, 3.05) is 18.8 Å². The summed E-state index contributed by atoms with van der Waals surface area (Å²) in [5.74, 6) is -0.849. The summed E-state index contributed by atoms with van der Waals surface area (Å²) < 4.78 is 22.8. The maximum Gasteiger partial charge on any atom is 0.330 e. The van der Waals surface area contributed by atoms with Gasteiger partial charge < -0.3 is 18.9 Å². The van der Waals surface area contributed by atoms with Crippen LogP contribution >= 0.6 is 11.8 Å². The molecule has 1 fully saturated rings. The van der Waals surface area contributed by atoms with Crippen LogP contribution in [0.25, 0.3) is 0 Å². The number of ether oxygens (including phenoxy) is 4. The molecule has 1 aromatic heterocycles. The topological polar surface area (TPSA) is 126 Å². The van der Waals surface area contributed by atoms with Gasteiger partial charge in [0.25, 0.3) is 5.56 Å². The summed E-state index contributed by atoms with van der Waals surface area (Å²) in [4.78, 5) is 48.5. The molecule has 0 aliphatic carbocycles. The molecular formula is C15H20N2O8S. The maximum absolute atomic E-state index is 12.1. The standard InChI is InChI=1S/C15H20N2O8S/c1-8(18)23-12-10(6-22-7-26-3)25-14(13(12)24-9(2)19)17-5-4-11(20)16-15(17)21/h4-5,10,12-14H,6-7H2,1-3H3,(H,16,20,21)/t10-,12-,13-,14-/m1/s1. The first-order valence-corrected chi connectivity index (χ1v) is 9.11. The van der Waals surface area contributed by atoms with Gasteiger partial charge in [0.15, 0.2) is 18.4 Å². The largest absolute Gasteiger partial charge is 0.456 e. The molecule has 0 bridgehead atoms. The number of aromatic nitrogens is 2. The molecule has 11 heteroatoms. The molecule has 144 valence electrons. The van der Waals surface area contributed by atoms with Crippen molar-refractivity contribution in [2.24, 2.45) is 0 Å². The Labute approximate surface area is 152 Å². The molecule has 1 aliphatic heterocycles. The van der Waals surface area contributed by atoms with Crippen LogP contribution in [0.1, 0.15) is 20.1 Å². The van der Waals surface area contributed by atoms with E-state index in [0.717, 1.165) is 10.6 Å². The van der Waals surface area contributed by atoms with E-state index in [2.05, 4.69) is 4.98 Å². The van der Waals surface area contributed by atoms with Gasteiger partial charge in [-0.1, -0.05) is 0 Å². The second-order valence-corrected chi connectivity index (χ2v) is 6.32. The molecular weight excluding hydrogens is 368 g/mol. The number of rotatable bonds is 7. The highest BCUT2D eigenvalue weighted by Gasteiger charge is 2.50. The quantitative estimate of drug-likeness (QED) is 0.378. The molecule has 1 aliphatic rings. The van der Waals surface area contributed by atoms with Crippen molar-refractivity contribution in [3.05, 3.63) is 33.1 Å². The molecule has 1 saturated heterocycles. The van der Waals surface area contributed by atoms with Gasteiger partial charge in [-0.15, -0.1) is 11.8 Å². The lowest BCUT2D eigenvalue weighted by molar-refractivity contribution is -0.166. The maximum atomic E-state index is 12.1. The van der Waals surface area contributed by atoms with E-state index in [1.165, 1.54) is 31.8 Å². The van der Waals surface area contributed by atoms with E-state index in [1.807, 2.05) is 6.26 Å². The van der Waals surface area contributed by atoms with E-state index in [1.54, 1.807) is 0 Å². The summed E-state index contributed by atoms with van der Waals surface area (Å²) in [6, 6.07) is 1.13. The Balaban J connectivity index is 2.37. The van der Waals surface area contributed by atoms with E-state index in [4.69, 9.17) is 18.9 Å². The predicted molar refractivity (Wildman–Crippen MR) is 90.7 cm³/mol. The number of thioether (sulfide) groups is 1. The fraction of sp³-hybridized carbons (Fsp3) is 0.600. The Morgan fingerprint density at radius 3 is 2.46 bits per heavy atom. The number of hydrogen-bond donors (Lipinski definition) is 1. The summed E-state index contributed by atoms with van der Waals surface area (Å²) in [6.45, 7) is 2.46. The average molecular weight is 388 g/mol. The zero-order chi connectivity index (χ0) is 19.3. The zero-order valence-corrected chi connectivity index (χ0v) is 15.3. The van der Waals surface area contributed by atoms with Crippen LogP contribution in [0.3, 0.4) is 0 Å². The number of nitrogens with zero attached hydrogens (tertiary/aromatic N) is 1. The van der Waals surface area contributed by atoms with Crippen LogP contribution in [-0.4, -0.2) is 58.6 Å². The van der Waals surface area contributed by atoms with E-state index < -0.39 is 47.7 Å². The van der Waals surface area contributed by atoms with Crippen molar-refractivity contribution in [2.45, 2.75) is 38.4 Å². The molecule has 26 heavy (non-hydrogen) atoms. The summed E-state index contributed by atoms with van der Waals surface area (Å²) in [5, 5.41) is 0. The SMILES string of the molecule is CSCOC[C@H]1O[C@@H](n2ccc(=O)[nH]c2=O)[C@H](OC(C)=O)[C@@H]1OC(C)=O. The third kappa shape index (κ3) is 4.96. The van der Waals surface area contributed by atoms with Gasteiger partial charge in [0.2, 0.25) is 0 Å². The van der Waals surface area contributed by atoms with Crippen LogP contribution in [0.4, 0.5) is 0 Å². The van der Waals surface area contributed by atoms with Crippen LogP contribution in [-0.2, 0) is 28.5 Å². The minimum Gasteiger partial charge on any atom is -0.456 e. The molecule has 2 rings (SSSR count). The van der Waals surface area contributed by atoms with Gasteiger partial charge in [-0.3, -0.25) is 23.9 Å². The van der Waals surface area contributed by atoms with E-state index in [0.29, 0.717) is 5.94 Å². The lowest BCUT2D eigenvalue weighted by Crippen LogP contribution is -2.42. The summed E-state index contributed by atoms with van der Waals surface area (Å²) >= 11 is 1.45. The smallest absolute Gasteiger partial charge is 0.330 e. The van der Waals surface area contributed by atoms with Gasteiger partial charge >= 0.3 is 17.6 Å². The van der Waals surface area contributed by atoms with Gasteiger partial charge in [0.1, 0.15) is 6.10 Å². The van der Waals surface area contributed by atoms with Gasteiger partial charge in [0, 0.05) is 26.1 Å². The van der Waals surface area contributed by atoms with Crippen LogP contribution < -0.4 is 11.2 Å². The molecule has 1 aromatic rings. The van der Waals surface area contributed by atoms with Crippen LogP contribution in [0.15, 0.2) is 21.9 Å². The number of hydrogen-bond acceptors (Lipinski definition) is 9. The second-order valence-electron chi connectivity index (χ2n) is 5.51. The first kappa shape index (κ1) is 20.2. The van der Waals surface area contributed by atoms with Crippen LogP contribution in [0, 0.1) is 0 Å². The van der Waals surface area contributed by atoms with E-state index in [9.17, 15) is 19.2 Å². The predicted octanol–water partition coefficient (Wildman–Crippen LogP) is -0.365. The number of carbonyl (C=O) groups is 2. The lowest BCUT2D eigenvalue weighted by atomic mass is 10.1. The summed E-state index contributed by atoms with van der Waals surface area (Å²) in [5.41, 5.74) is -1.32. The Bertz CT molecular complexity index is 761. The van der Waals surface area contributed by atoms with Crippen molar-refractivity contribution in [3.63, 3.8) is 0 Å². The van der Waals surface area contributed by atoms with Gasteiger partial charge in [0.05, 0.1) is 12.5 Å². The number of aromatic amines is 1. The molecule has 0 aromatic carbocycles. The van der Waals surface area contributed by atoms with Crippen molar-refractivity contribution < 1.29 is 28.5 Å². The highest BCUT2D eigenvalue weighted by Crippen LogP contribution is 2.33. The highest BCUT2D eigenvalue weighted by molar-refractivity contribution is 7.98. The van der Waals surface area contributed by atoms with Crippen LogP contribution in [0.5, 0.6) is 0 Å². The first-order valence-electron chi connectivity index (χ1n) is 7.71. The minimum atomic E-state index is -1.09. The van der Waals surface area contributed by atoms with Crippen molar-refractivity contribution >= 4 is 23.7 Å². The third-order valence-corrected chi connectivity index (χ3v) is 3.90. The first-order chi connectivity index (χ1) is 12.3. The van der Waals surface area contributed by atoms with Gasteiger partial charge in [-0.2, -0.15) is 0 Å². The zero-order valence-electron chi connectivity index (χ0n) is 14.5. The Hall–Kier alpha value is -2.11. The normalized spacial score (nSPS) is 25.0. The molecule has 2 heterocycles. The number of nitrogens with one attached hydrogen (secondary N) is 1. The Morgan fingerprint density at radius 1 is 1.23 bits per heavy atom. The lowest BCUT2D eigenvalue weighted by Gasteiger charge is -2.23.